The van der Waals surface area contributed by atoms with Crippen LogP contribution in [0.2, 0.25) is 0 Å². The first-order valence-electron chi connectivity index (χ1n) is 7.56. The Morgan fingerprint density at radius 2 is 2.00 bits per heavy atom. The molecule has 1 N–H and O–H groups in total. The van der Waals surface area contributed by atoms with Crippen molar-refractivity contribution in [2.24, 2.45) is 0 Å². The molecule has 1 aliphatic rings. The van der Waals surface area contributed by atoms with E-state index in [4.69, 9.17) is 9.47 Å². The third-order valence-electron chi connectivity index (χ3n) is 4.26. The second-order valence-corrected chi connectivity index (χ2v) is 5.82. The Morgan fingerprint density at radius 3 is 2.59 bits per heavy atom. The molecule has 122 valence electrons. The van der Waals surface area contributed by atoms with Crippen LogP contribution in [0.3, 0.4) is 0 Å². The van der Waals surface area contributed by atoms with E-state index in [0.29, 0.717) is 24.4 Å². The van der Waals surface area contributed by atoms with Crippen LogP contribution in [0.25, 0.3) is 0 Å². The van der Waals surface area contributed by atoms with Gasteiger partial charge in [-0.3, -0.25) is 4.79 Å². The molecule has 0 bridgehead atoms. The van der Waals surface area contributed by atoms with Gasteiger partial charge < -0.3 is 19.5 Å². The molecular weight excluding hydrogens is 284 g/mol. The van der Waals surface area contributed by atoms with Crippen LogP contribution >= 0.6 is 0 Å². The minimum Gasteiger partial charge on any atom is -0.481 e. The fourth-order valence-corrected chi connectivity index (χ4v) is 2.82. The number of hydrogen-bond acceptors (Lipinski definition) is 5. The molecule has 0 unspecified atom stereocenters. The van der Waals surface area contributed by atoms with E-state index in [0.717, 1.165) is 25.7 Å². The van der Waals surface area contributed by atoms with E-state index in [1.54, 1.807) is 24.1 Å². The summed E-state index contributed by atoms with van der Waals surface area (Å²) in [6.45, 7) is 0.504. The van der Waals surface area contributed by atoms with Gasteiger partial charge in [0, 0.05) is 19.7 Å². The molecule has 2 rings (SSSR count). The summed E-state index contributed by atoms with van der Waals surface area (Å²) in [5.41, 5.74) is -0.222. The summed E-state index contributed by atoms with van der Waals surface area (Å²) in [5.74, 6) is 0.473. The highest BCUT2D eigenvalue weighted by Crippen LogP contribution is 2.32. The van der Waals surface area contributed by atoms with Crippen molar-refractivity contribution in [1.82, 2.24) is 9.88 Å². The van der Waals surface area contributed by atoms with Gasteiger partial charge in [-0.25, -0.2) is 0 Å². The van der Waals surface area contributed by atoms with Gasteiger partial charge >= 0.3 is 0 Å². The van der Waals surface area contributed by atoms with Crippen LogP contribution in [0.4, 0.5) is 0 Å². The molecular formula is C16H24N2O4. The van der Waals surface area contributed by atoms with Crippen LogP contribution in [0.1, 0.15) is 42.5 Å². The number of carbonyl (C=O) groups excluding carboxylic acids is 1. The highest BCUT2D eigenvalue weighted by Gasteiger charge is 2.31. The predicted octanol–water partition coefficient (Wildman–Crippen LogP) is 1.87. The van der Waals surface area contributed by atoms with Crippen molar-refractivity contribution < 1.29 is 19.4 Å². The lowest BCUT2D eigenvalue weighted by atomic mass is 9.98. The zero-order valence-corrected chi connectivity index (χ0v) is 13.5. The molecule has 22 heavy (non-hydrogen) atoms. The highest BCUT2D eigenvalue weighted by molar-refractivity contribution is 5.96. The quantitative estimate of drug-likeness (QED) is 0.868. The van der Waals surface area contributed by atoms with Gasteiger partial charge in [-0.2, -0.15) is 4.98 Å². The molecule has 0 radical (unpaired) electrons. The largest absolute Gasteiger partial charge is 0.481 e. The van der Waals surface area contributed by atoms with Gasteiger partial charge in [0.25, 0.3) is 5.91 Å². The minimum atomic E-state index is -0.614. The second kappa shape index (κ2) is 6.96. The molecule has 1 aromatic rings. The van der Waals surface area contributed by atoms with Crippen molar-refractivity contribution in [3.63, 3.8) is 0 Å². The number of methoxy groups -OCH3 is 2. The van der Waals surface area contributed by atoms with E-state index in [9.17, 15) is 9.90 Å². The van der Waals surface area contributed by atoms with Crippen LogP contribution < -0.4 is 9.47 Å². The predicted molar refractivity (Wildman–Crippen MR) is 82.3 cm³/mol. The molecule has 6 nitrogen and oxygen atoms in total. The average molecular weight is 308 g/mol. The number of carbonyl (C=O) groups is 1. The molecule has 0 saturated heterocycles. The standard InChI is InChI=1S/C16H24N2O4/c1-18(11-10-16(20)8-4-5-9-16)15(19)12-6-7-13(21-2)17-14(12)22-3/h6-7,20H,4-5,8-11H2,1-3H3. The Balaban J connectivity index is 2.03. The fraction of sp³-hybridized carbons (Fsp3) is 0.625. The average Bonchev–Trinajstić information content (AvgIpc) is 2.98. The first kappa shape index (κ1) is 16.5. The zero-order valence-electron chi connectivity index (χ0n) is 13.5. The van der Waals surface area contributed by atoms with Crippen molar-refractivity contribution in [2.45, 2.75) is 37.7 Å². The van der Waals surface area contributed by atoms with Gasteiger partial charge in [0.05, 0.1) is 19.8 Å². The number of pyridine rings is 1. The topological polar surface area (TPSA) is 71.9 Å². The fourth-order valence-electron chi connectivity index (χ4n) is 2.82. The van der Waals surface area contributed by atoms with Gasteiger partial charge in [-0.15, -0.1) is 0 Å². The summed E-state index contributed by atoms with van der Waals surface area (Å²) in [5, 5.41) is 10.4. The second-order valence-electron chi connectivity index (χ2n) is 5.82. The molecule has 0 spiro atoms. The molecule has 0 aromatic carbocycles. The first-order valence-corrected chi connectivity index (χ1v) is 7.56. The number of aromatic nitrogens is 1. The summed E-state index contributed by atoms with van der Waals surface area (Å²) >= 11 is 0. The van der Waals surface area contributed by atoms with E-state index in [2.05, 4.69) is 4.98 Å². The van der Waals surface area contributed by atoms with Gasteiger partial charge in [0.2, 0.25) is 11.8 Å². The lowest BCUT2D eigenvalue weighted by Crippen LogP contribution is -2.34. The summed E-state index contributed by atoms with van der Waals surface area (Å²) in [7, 11) is 4.71. The van der Waals surface area contributed by atoms with E-state index >= 15 is 0 Å². The Bertz CT molecular complexity index is 527. The van der Waals surface area contributed by atoms with E-state index in [1.165, 1.54) is 14.2 Å². The first-order chi connectivity index (χ1) is 10.5. The van der Waals surface area contributed by atoms with Crippen molar-refractivity contribution in [1.29, 1.82) is 0 Å². The molecule has 1 heterocycles. The maximum atomic E-state index is 12.5. The SMILES string of the molecule is COc1ccc(C(=O)N(C)CCC2(O)CCCC2)c(OC)n1. The van der Waals surface area contributed by atoms with Gasteiger partial charge in [-0.05, 0) is 25.3 Å². The maximum Gasteiger partial charge on any atom is 0.259 e. The Hall–Kier alpha value is -1.82. The number of ether oxygens (including phenoxy) is 2. The van der Waals surface area contributed by atoms with Crippen molar-refractivity contribution in [3.8, 4) is 11.8 Å². The van der Waals surface area contributed by atoms with Gasteiger partial charge in [0.15, 0.2) is 0 Å². The Morgan fingerprint density at radius 1 is 1.32 bits per heavy atom. The molecule has 1 amide bonds. The molecule has 6 heteroatoms. The maximum absolute atomic E-state index is 12.5. The van der Waals surface area contributed by atoms with E-state index in [1.807, 2.05) is 0 Å². The van der Waals surface area contributed by atoms with E-state index in [-0.39, 0.29) is 11.8 Å². The lowest BCUT2D eigenvalue weighted by Gasteiger charge is -2.26. The van der Waals surface area contributed by atoms with Crippen LogP contribution in [0, 0.1) is 0 Å². The third kappa shape index (κ3) is 3.68. The highest BCUT2D eigenvalue weighted by atomic mass is 16.5. The van der Waals surface area contributed by atoms with Crippen LogP contribution in [0.15, 0.2) is 12.1 Å². The summed E-state index contributed by atoms with van der Waals surface area (Å²) in [4.78, 5) is 18.2. The normalized spacial score (nSPS) is 16.4. The van der Waals surface area contributed by atoms with E-state index < -0.39 is 5.60 Å². The van der Waals surface area contributed by atoms with Crippen molar-refractivity contribution in [3.05, 3.63) is 17.7 Å². The number of aliphatic hydroxyl groups is 1. The summed E-state index contributed by atoms with van der Waals surface area (Å²) in [6, 6.07) is 3.28. The number of rotatable bonds is 6. The van der Waals surface area contributed by atoms with Crippen molar-refractivity contribution in [2.75, 3.05) is 27.8 Å². The minimum absolute atomic E-state index is 0.173. The molecule has 1 aliphatic carbocycles. The molecule has 0 atom stereocenters. The lowest BCUT2D eigenvalue weighted by molar-refractivity contribution is 0.0295. The zero-order chi connectivity index (χ0) is 16.2. The summed E-state index contributed by atoms with van der Waals surface area (Å²) in [6.07, 6.45) is 4.36. The smallest absolute Gasteiger partial charge is 0.259 e. The molecule has 1 fully saturated rings. The molecule has 1 aromatic heterocycles. The van der Waals surface area contributed by atoms with Gasteiger partial charge in [-0.1, -0.05) is 12.8 Å². The monoisotopic (exact) mass is 308 g/mol. The van der Waals surface area contributed by atoms with Crippen LogP contribution in [-0.2, 0) is 0 Å². The van der Waals surface area contributed by atoms with Crippen LogP contribution in [-0.4, -0.2) is 54.3 Å². The molecule has 1 saturated carbocycles. The van der Waals surface area contributed by atoms with Crippen LogP contribution in [0.5, 0.6) is 11.8 Å². The van der Waals surface area contributed by atoms with Gasteiger partial charge in [0.1, 0.15) is 5.56 Å². The summed E-state index contributed by atoms with van der Waals surface area (Å²) < 4.78 is 10.2. The third-order valence-corrected chi connectivity index (χ3v) is 4.26. The van der Waals surface area contributed by atoms with Crippen molar-refractivity contribution >= 4 is 5.91 Å². The Labute approximate surface area is 131 Å². The number of amides is 1. The molecule has 0 aliphatic heterocycles. The number of hydrogen-bond donors (Lipinski definition) is 1. The number of nitrogens with zero attached hydrogens (tertiary/aromatic N) is 2. The Kier molecular flexibility index (Phi) is 5.24.